The molecule has 1 heterocycles. The van der Waals surface area contributed by atoms with Crippen LogP contribution >= 0.6 is 0 Å². The van der Waals surface area contributed by atoms with Gasteiger partial charge in [0.15, 0.2) is 5.82 Å². The highest BCUT2D eigenvalue weighted by atomic mass is 16.5. The fourth-order valence-electron chi connectivity index (χ4n) is 1.98. The van der Waals surface area contributed by atoms with Gasteiger partial charge in [-0.1, -0.05) is 49.3 Å². The van der Waals surface area contributed by atoms with Crippen molar-refractivity contribution in [3.63, 3.8) is 0 Å². The number of aromatic nitrogens is 2. The lowest BCUT2D eigenvalue weighted by molar-refractivity contribution is 0.393. The number of nitrogens with zero attached hydrogens (tertiary/aromatic N) is 2. The summed E-state index contributed by atoms with van der Waals surface area (Å²) < 4.78 is 4.73. The molecule has 0 aliphatic carbocycles. The molecule has 0 aliphatic rings. The van der Waals surface area contributed by atoms with Crippen molar-refractivity contribution in [3.8, 4) is 0 Å². The average Bonchev–Trinajstić information content (AvgIpc) is 2.88. The molecule has 2 aromatic rings. The third-order valence-corrected chi connectivity index (χ3v) is 2.82. The Morgan fingerprint density at radius 2 is 2.00 bits per heavy atom. The normalized spacial score (nSPS) is 12.8. The van der Waals surface area contributed by atoms with Gasteiger partial charge in [0.1, 0.15) is 0 Å². The van der Waals surface area contributed by atoms with E-state index < -0.39 is 0 Å². The third-order valence-electron chi connectivity index (χ3n) is 2.82. The van der Waals surface area contributed by atoms with Gasteiger partial charge in [0.2, 0.25) is 6.39 Å². The topological polar surface area (TPSA) is 51.0 Å². The fraction of sp³-hybridized carbons (Fsp3) is 0.429. The van der Waals surface area contributed by atoms with Crippen LogP contribution in [-0.2, 0) is 6.54 Å². The van der Waals surface area contributed by atoms with Crippen LogP contribution in [0.25, 0.3) is 0 Å². The molecule has 0 fully saturated rings. The van der Waals surface area contributed by atoms with E-state index >= 15 is 0 Å². The van der Waals surface area contributed by atoms with Crippen molar-refractivity contribution in [1.29, 1.82) is 0 Å². The molecule has 0 bridgehead atoms. The highest BCUT2D eigenvalue weighted by Gasteiger charge is 2.13. The molecular weight excluding hydrogens is 226 g/mol. The summed E-state index contributed by atoms with van der Waals surface area (Å²) in [6.07, 6.45) is 2.44. The highest BCUT2D eigenvalue weighted by molar-refractivity contribution is 5.18. The van der Waals surface area contributed by atoms with Crippen LogP contribution in [0.1, 0.15) is 37.7 Å². The molecule has 4 heteroatoms. The standard InChI is InChI=1S/C14H19N3O/c1-11(2)8-13(12-6-4-3-5-7-12)15-9-14-16-10-18-17-14/h3-7,10-11,13,15H,8-9H2,1-2H3. The maximum Gasteiger partial charge on any atom is 0.213 e. The van der Waals surface area contributed by atoms with E-state index in [9.17, 15) is 0 Å². The molecule has 2 rings (SSSR count). The first kappa shape index (κ1) is 12.8. The van der Waals surface area contributed by atoms with Crippen LogP contribution in [0.15, 0.2) is 41.2 Å². The molecule has 1 aromatic heterocycles. The third kappa shape index (κ3) is 3.67. The Morgan fingerprint density at radius 3 is 2.61 bits per heavy atom. The molecule has 0 amide bonds. The Labute approximate surface area is 107 Å². The van der Waals surface area contributed by atoms with Crippen LogP contribution in [0.3, 0.4) is 0 Å². The molecule has 18 heavy (non-hydrogen) atoms. The van der Waals surface area contributed by atoms with Crippen molar-refractivity contribution >= 4 is 0 Å². The van der Waals surface area contributed by atoms with Gasteiger partial charge in [0.05, 0.1) is 6.54 Å². The van der Waals surface area contributed by atoms with Crippen molar-refractivity contribution in [1.82, 2.24) is 15.5 Å². The van der Waals surface area contributed by atoms with E-state index in [1.54, 1.807) is 0 Å². The molecule has 0 radical (unpaired) electrons. The van der Waals surface area contributed by atoms with Crippen LogP contribution in [-0.4, -0.2) is 10.1 Å². The van der Waals surface area contributed by atoms with Gasteiger partial charge in [-0.2, -0.15) is 4.98 Å². The number of rotatable bonds is 6. The summed E-state index contributed by atoms with van der Waals surface area (Å²) in [6, 6.07) is 10.8. The second-order valence-electron chi connectivity index (χ2n) is 4.82. The first-order valence-corrected chi connectivity index (χ1v) is 6.29. The Balaban J connectivity index is 2.01. The van der Waals surface area contributed by atoms with E-state index in [2.05, 4.69) is 53.6 Å². The van der Waals surface area contributed by atoms with Gasteiger partial charge in [-0.15, -0.1) is 0 Å². The summed E-state index contributed by atoms with van der Waals surface area (Å²) in [6.45, 7) is 5.08. The van der Waals surface area contributed by atoms with E-state index in [4.69, 9.17) is 4.52 Å². The van der Waals surface area contributed by atoms with E-state index in [1.807, 2.05) is 6.07 Å². The monoisotopic (exact) mass is 245 g/mol. The van der Waals surface area contributed by atoms with Crippen molar-refractivity contribution in [2.45, 2.75) is 32.9 Å². The zero-order valence-corrected chi connectivity index (χ0v) is 10.8. The lowest BCUT2D eigenvalue weighted by Crippen LogP contribution is -2.23. The van der Waals surface area contributed by atoms with Gasteiger partial charge in [0, 0.05) is 6.04 Å². The number of benzene rings is 1. The zero-order valence-electron chi connectivity index (χ0n) is 10.8. The highest BCUT2D eigenvalue weighted by Crippen LogP contribution is 2.21. The molecule has 4 nitrogen and oxygen atoms in total. The van der Waals surface area contributed by atoms with Crippen LogP contribution in [0.5, 0.6) is 0 Å². The summed E-state index contributed by atoms with van der Waals surface area (Å²) >= 11 is 0. The molecular formula is C14H19N3O. The van der Waals surface area contributed by atoms with Gasteiger partial charge in [-0.05, 0) is 17.9 Å². The Morgan fingerprint density at radius 1 is 1.22 bits per heavy atom. The molecule has 96 valence electrons. The predicted molar refractivity (Wildman–Crippen MR) is 69.8 cm³/mol. The lowest BCUT2D eigenvalue weighted by Gasteiger charge is -2.20. The van der Waals surface area contributed by atoms with Gasteiger partial charge in [-0.25, -0.2) is 0 Å². The minimum absolute atomic E-state index is 0.324. The van der Waals surface area contributed by atoms with Gasteiger partial charge < -0.3 is 9.84 Å². The minimum Gasteiger partial charge on any atom is -0.343 e. The Kier molecular flexibility index (Phi) is 4.47. The average molecular weight is 245 g/mol. The van der Waals surface area contributed by atoms with E-state index in [0.717, 1.165) is 6.42 Å². The van der Waals surface area contributed by atoms with Crippen molar-refractivity contribution in [2.24, 2.45) is 5.92 Å². The first-order chi connectivity index (χ1) is 8.75. The van der Waals surface area contributed by atoms with Gasteiger partial charge in [0.25, 0.3) is 0 Å². The summed E-state index contributed by atoms with van der Waals surface area (Å²) in [5.74, 6) is 1.33. The summed E-state index contributed by atoms with van der Waals surface area (Å²) in [7, 11) is 0. The van der Waals surface area contributed by atoms with Crippen LogP contribution in [0, 0.1) is 5.92 Å². The van der Waals surface area contributed by atoms with Crippen molar-refractivity contribution in [2.75, 3.05) is 0 Å². The van der Waals surface area contributed by atoms with Crippen LogP contribution in [0.4, 0.5) is 0 Å². The zero-order chi connectivity index (χ0) is 12.8. The van der Waals surface area contributed by atoms with E-state index in [1.165, 1.54) is 12.0 Å². The summed E-state index contributed by atoms with van der Waals surface area (Å²) in [5, 5.41) is 7.30. The van der Waals surface area contributed by atoms with E-state index in [0.29, 0.717) is 24.3 Å². The largest absolute Gasteiger partial charge is 0.343 e. The molecule has 1 aromatic carbocycles. The second-order valence-corrected chi connectivity index (χ2v) is 4.82. The quantitative estimate of drug-likeness (QED) is 0.850. The fourth-order valence-corrected chi connectivity index (χ4v) is 1.98. The lowest BCUT2D eigenvalue weighted by atomic mass is 9.97. The maximum absolute atomic E-state index is 4.73. The Hall–Kier alpha value is -1.68. The number of nitrogens with one attached hydrogen (secondary N) is 1. The first-order valence-electron chi connectivity index (χ1n) is 6.29. The molecule has 1 atom stereocenters. The molecule has 1 unspecified atom stereocenters. The molecule has 0 saturated carbocycles. The summed E-state index contributed by atoms with van der Waals surface area (Å²) in [5.41, 5.74) is 1.30. The minimum atomic E-state index is 0.324. The van der Waals surface area contributed by atoms with Gasteiger partial charge in [-0.3, -0.25) is 0 Å². The molecule has 0 aliphatic heterocycles. The number of hydrogen-bond donors (Lipinski definition) is 1. The molecule has 0 spiro atoms. The maximum atomic E-state index is 4.73. The van der Waals surface area contributed by atoms with Crippen LogP contribution in [0.2, 0.25) is 0 Å². The van der Waals surface area contributed by atoms with Crippen molar-refractivity contribution in [3.05, 3.63) is 48.1 Å². The smallest absolute Gasteiger partial charge is 0.213 e. The van der Waals surface area contributed by atoms with Crippen LogP contribution < -0.4 is 5.32 Å². The van der Waals surface area contributed by atoms with Gasteiger partial charge >= 0.3 is 0 Å². The van der Waals surface area contributed by atoms with Crippen molar-refractivity contribution < 1.29 is 4.52 Å². The van der Waals surface area contributed by atoms with E-state index in [-0.39, 0.29) is 0 Å². The second kappa shape index (κ2) is 6.31. The Bertz CT molecular complexity index is 439. The molecule has 1 N–H and O–H groups in total. The summed E-state index contributed by atoms with van der Waals surface area (Å²) in [4.78, 5) is 4.02. The number of hydrogen-bond acceptors (Lipinski definition) is 4. The SMILES string of the molecule is CC(C)CC(NCc1ncon1)c1ccccc1. The molecule has 0 saturated heterocycles. The predicted octanol–water partition coefficient (Wildman–Crippen LogP) is 2.95.